The molecule has 0 aliphatic heterocycles. The van der Waals surface area contributed by atoms with E-state index in [0.717, 1.165) is 45.7 Å². The molecule has 0 radical (unpaired) electrons. The number of hydrogen-bond donors (Lipinski definition) is 1. The molecule has 9 heteroatoms. The van der Waals surface area contributed by atoms with E-state index >= 15 is 0 Å². The first kappa shape index (κ1) is 36.0. The van der Waals surface area contributed by atoms with Crippen molar-refractivity contribution in [3.63, 3.8) is 0 Å². The minimum atomic E-state index is -0.644. The van der Waals surface area contributed by atoms with Crippen LogP contribution in [0.4, 0.5) is 0 Å². The second-order valence-corrected chi connectivity index (χ2v) is 16.1. The molecular formula is C40H49N5O3S. The number of rotatable bonds is 14. The summed E-state index contributed by atoms with van der Waals surface area (Å²) in [7, 11) is 5.65. The van der Waals surface area contributed by atoms with Crippen LogP contribution in [0, 0.1) is 5.41 Å². The highest BCUT2D eigenvalue weighted by molar-refractivity contribution is 8.00. The third-order valence-corrected chi connectivity index (χ3v) is 9.53. The smallest absolute Gasteiger partial charge is 0.226 e. The Hall–Kier alpha value is -4.34. The van der Waals surface area contributed by atoms with Crippen molar-refractivity contribution in [2.24, 2.45) is 5.41 Å². The quantitative estimate of drug-likeness (QED) is 0.120. The molecule has 0 fully saturated rings. The van der Waals surface area contributed by atoms with Crippen LogP contribution < -0.4 is 14.8 Å². The van der Waals surface area contributed by atoms with Crippen molar-refractivity contribution < 1.29 is 14.3 Å². The summed E-state index contributed by atoms with van der Waals surface area (Å²) in [6.07, 6.45) is 4.19. The molecule has 1 N–H and O–H groups in total. The van der Waals surface area contributed by atoms with E-state index in [4.69, 9.17) is 9.47 Å². The Kier molecular flexibility index (Phi) is 11.4. The Morgan fingerprint density at radius 2 is 1.69 bits per heavy atom. The van der Waals surface area contributed by atoms with Gasteiger partial charge in [0.2, 0.25) is 11.8 Å². The fourth-order valence-corrected chi connectivity index (χ4v) is 6.84. The number of aromatic nitrogens is 3. The van der Waals surface area contributed by atoms with Gasteiger partial charge in [0.25, 0.3) is 0 Å². The number of hydrogen-bond acceptors (Lipinski definition) is 7. The van der Waals surface area contributed by atoms with Gasteiger partial charge in [0.15, 0.2) is 0 Å². The number of methoxy groups -OCH3 is 1. The number of ether oxygens (including phenoxy) is 2. The summed E-state index contributed by atoms with van der Waals surface area (Å²) in [5.41, 5.74) is 5.77. The average Bonchev–Trinajstić information content (AvgIpc) is 3.33. The minimum Gasteiger partial charge on any atom is -0.487 e. The van der Waals surface area contributed by atoms with Crippen molar-refractivity contribution in [2.45, 2.75) is 63.8 Å². The first-order valence-corrected chi connectivity index (χ1v) is 17.5. The lowest BCUT2D eigenvalue weighted by Crippen LogP contribution is -2.41. The number of thioether (sulfide) groups is 1. The van der Waals surface area contributed by atoms with Gasteiger partial charge in [-0.25, -0.2) is 4.98 Å². The summed E-state index contributed by atoms with van der Waals surface area (Å²) < 4.78 is 13.8. The number of pyridine rings is 2. The predicted octanol–water partition coefficient (Wildman–Crippen LogP) is 7.87. The van der Waals surface area contributed by atoms with Crippen molar-refractivity contribution in [3.05, 3.63) is 102 Å². The number of fused-ring (bicyclic) bond motifs is 1. The SMILES string of the molecule is COc1ccc(-c2ccc(Cn3c(CC(C)(C)C(=O)NCCN(C)C)c(SC(C)(C)C)c4cc(OCc5ccccn5)ccc43)cc2)cn1. The highest BCUT2D eigenvalue weighted by atomic mass is 32.2. The van der Waals surface area contributed by atoms with Crippen LogP contribution in [0.1, 0.15) is 51.6 Å². The summed E-state index contributed by atoms with van der Waals surface area (Å²) in [6.45, 7) is 13.2. The van der Waals surface area contributed by atoms with Gasteiger partial charge in [-0.1, -0.05) is 65.0 Å². The maximum absolute atomic E-state index is 13.6. The van der Waals surface area contributed by atoms with Gasteiger partial charge in [-0.05, 0) is 61.6 Å². The molecule has 5 aromatic rings. The fourth-order valence-electron chi connectivity index (χ4n) is 5.65. The topological polar surface area (TPSA) is 81.5 Å². The summed E-state index contributed by atoms with van der Waals surface area (Å²) in [4.78, 5) is 25.7. The average molecular weight is 680 g/mol. The number of carbonyl (C=O) groups is 1. The monoisotopic (exact) mass is 679 g/mol. The second-order valence-electron chi connectivity index (χ2n) is 14.3. The molecule has 1 amide bonds. The van der Waals surface area contributed by atoms with Gasteiger partial charge in [-0.2, -0.15) is 0 Å². The number of nitrogens with zero attached hydrogens (tertiary/aromatic N) is 4. The molecule has 2 aromatic carbocycles. The van der Waals surface area contributed by atoms with Crippen LogP contribution in [-0.4, -0.2) is 64.4 Å². The lowest BCUT2D eigenvalue weighted by Gasteiger charge is -2.27. The standard InChI is InChI=1S/C40H49N5O3S/c1-39(2,3)49-37-33-23-32(48-27-31-11-9-10-20-41-31)17-18-34(33)45(35(37)24-40(4,5)38(46)42-21-22-44(6)7)26-28-12-14-29(15-13-28)30-16-19-36(47-8)43-25-30/h9-20,23,25H,21-22,24,26-27H2,1-8H3,(H,42,46). The maximum atomic E-state index is 13.6. The summed E-state index contributed by atoms with van der Waals surface area (Å²) in [5.74, 6) is 1.43. The summed E-state index contributed by atoms with van der Waals surface area (Å²) in [5, 5.41) is 4.30. The number of likely N-dealkylation sites (N-methyl/N-ethyl adjacent to an activating group) is 1. The summed E-state index contributed by atoms with van der Waals surface area (Å²) in [6, 6.07) is 24.7. The number of amides is 1. The zero-order chi connectivity index (χ0) is 35.2. The third-order valence-electron chi connectivity index (χ3n) is 8.25. The molecule has 3 heterocycles. The molecule has 0 saturated heterocycles. The fraction of sp³-hybridized carbons (Fsp3) is 0.375. The molecule has 8 nitrogen and oxygen atoms in total. The Bertz CT molecular complexity index is 1840. The lowest BCUT2D eigenvalue weighted by molar-refractivity contribution is -0.129. The maximum Gasteiger partial charge on any atom is 0.226 e. The second kappa shape index (κ2) is 15.5. The van der Waals surface area contributed by atoms with Gasteiger partial charge in [-0.15, -0.1) is 11.8 Å². The molecule has 0 atom stereocenters. The van der Waals surface area contributed by atoms with Crippen LogP contribution in [0.3, 0.4) is 0 Å². The summed E-state index contributed by atoms with van der Waals surface area (Å²) >= 11 is 1.84. The molecule has 0 aliphatic carbocycles. The molecule has 0 saturated carbocycles. The van der Waals surface area contributed by atoms with E-state index in [1.165, 1.54) is 10.5 Å². The molecule has 258 valence electrons. The molecule has 0 bridgehead atoms. The molecular weight excluding hydrogens is 631 g/mol. The van der Waals surface area contributed by atoms with E-state index in [1.54, 1.807) is 13.3 Å². The van der Waals surface area contributed by atoms with E-state index < -0.39 is 5.41 Å². The zero-order valence-electron chi connectivity index (χ0n) is 30.0. The van der Waals surface area contributed by atoms with E-state index in [2.05, 4.69) is 81.9 Å². The first-order valence-electron chi connectivity index (χ1n) is 16.7. The van der Waals surface area contributed by atoms with Crippen LogP contribution in [0.5, 0.6) is 11.6 Å². The van der Waals surface area contributed by atoms with Crippen LogP contribution in [0.15, 0.2) is 90.1 Å². The van der Waals surface area contributed by atoms with Crippen LogP contribution in [0.2, 0.25) is 0 Å². The molecule has 0 unspecified atom stereocenters. The van der Waals surface area contributed by atoms with Gasteiger partial charge in [0, 0.05) is 81.7 Å². The molecule has 49 heavy (non-hydrogen) atoms. The predicted molar refractivity (Wildman–Crippen MR) is 200 cm³/mol. The normalized spacial score (nSPS) is 12.0. The molecule has 0 aliphatic rings. The van der Waals surface area contributed by atoms with E-state index in [1.807, 2.05) is 82.3 Å². The van der Waals surface area contributed by atoms with Gasteiger partial charge >= 0.3 is 0 Å². The highest BCUT2D eigenvalue weighted by Gasteiger charge is 2.33. The van der Waals surface area contributed by atoms with Gasteiger partial charge in [0.1, 0.15) is 12.4 Å². The third kappa shape index (κ3) is 9.43. The highest BCUT2D eigenvalue weighted by Crippen LogP contribution is 2.44. The molecule has 0 spiro atoms. The van der Waals surface area contributed by atoms with Crippen LogP contribution in [-0.2, 0) is 24.4 Å². The number of benzene rings is 2. The Morgan fingerprint density at radius 3 is 2.33 bits per heavy atom. The largest absolute Gasteiger partial charge is 0.487 e. The lowest BCUT2D eigenvalue weighted by atomic mass is 9.86. The van der Waals surface area contributed by atoms with Crippen molar-refractivity contribution >= 4 is 28.6 Å². The van der Waals surface area contributed by atoms with Crippen molar-refractivity contribution in [3.8, 4) is 22.8 Å². The Morgan fingerprint density at radius 1 is 0.939 bits per heavy atom. The van der Waals surface area contributed by atoms with Gasteiger partial charge in [-0.3, -0.25) is 9.78 Å². The van der Waals surface area contributed by atoms with E-state index in [0.29, 0.717) is 32.0 Å². The van der Waals surface area contributed by atoms with E-state index in [9.17, 15) is 4.79 Å². The Labute approximate surface area is 295 Å². The van der Waals surface area contributed by atoms with E-state index in [-0.39, 0.29) is 10.7 Å². The van der Waals surface area contributed by atoms with Gasteiger partial charge in [0.05, 0.1) is 12.8 Å². The molecule has 3 aromatic heterocycles. The molecule has 5 rings (SSSR count). The van der Waals surface area contributed by atoms with Crippen molar-refractivity contribution in [2.75, 3.05) is 34.3 Å². The first-order chi connectivity index (χ1) is 23.3. The minimum absolute atomic E-state index is 0.0507. The van der Waals surface area contributed by atoms with Crippen LogP contribution >= 0.6 is 11.8 Å². The van der Waals surface area contributed by atoms with Crippen molar-refractivity contribution in [1.82, 2.24) is 24.8 Å². The van der Waals surface area contributed by atoms with Crippen LogP contribution in [0.25, 0.3) is 22.0 Å². The van der Waals surface area contributed by atoms with Crippen molar-refractivity contribution in [1.29, 1.82) is 0 Å². The number of carbonyl (C=O) groups excluding carboxylic acids is 1. The Balaban J connectivity index is 1.55. The van der Waals surface area contributed by atoms with Gasteiger partial charge < -0.3 is 24.3 Å². The number of nitrogens with one attached hydrogen (secondary N) is 1. The zero-order valence-corrected chi connectivity index (χ0v) is 30.9.